The summed E-state index contributed by atoms with van der Waals surface area (Å²) in [7, 11) is 1.94. The third-order valence-electron chi connectivity index (χ3n) is 3.39. The van der Waals surface area contributed by atoms with Crippen LogP contribution in [0.15, 0.2) is 24.0 Å². The summed E-state index contributed by atoms with van der Waals surface area (Å²) in [6.07, 6.45) is 9.79. The van der Waals surface area contributed by atoms with Gasteiger partial charge in [0.2, 0.25) is 0 Å². The summed E-state index contributed by atoms with van der Waals surface area (Å²) in [6.45, 7) is 4.46. The van der Waals surface area contributed by atoms with Gasteiger partial charge >= 0.3 is 0 Å². The van der Waals surface area contributed by atoms with E-state index in [1.165, 1.54) is 11.1 Å². The van der Waals surface area contributed by atoms with Gasteiger partial charge in [0, 0.05) is 13.2 Å². The summed E-state index contributed by atoms with van der Waals surface area (Å²) in [6, 6.07) is 0. The van der Waals surface area contributed by atoms with E-state index in [1.54, 1.807) is 0 Å². The van der Waals surface area contributed by atoms with Gasteiger partial charge in [-0.25, -0.2) is 0 Å². The quantitative estimate of drug-likeness (QED) is 0.816. The molecule has 94 valence electrons. The second-order valence-electron chi connectivity index (χ2n) is 5.96. The molecule has 0 spiro atoms. The molecule has 1 aromatic rings. The van der Waals surface area contributed by atoms with Crippen LogP contribution in [-0.4, -0.2) is 21.0 Å². The van der Waals surface area contributed by atoms with Crippen molar-refractivity contribution in [2.75, 3.05) is 0 Å². The molecule has 1 N–H and O–H groups in total. The molecule has 1 aliphatic carbocycles. The van der Waals surface area contributed by atoms with E-state index in [1.807, 2.05) is 24.0 Å². The lowest BCUT2D eigenvalue weighted by Gasteiger charge is -2.32. The van der Waals surface area contributed by atoms with Gasteiger partial charge in [-0.2, -0.15) is 5.10 Å². The first-order valence-corrected chi connectivity index (χ1v) is 6.30. The molecule has 0 bridgehead atoms. The minimum absolute atomic E-state index is 0.235. The molecule has 0 saturated carbocycles. The normalized spacial score (nSPS) is 23.5. The number of nitrogens with zero attached hydrogens (tertiary/aromatic N) is 2. The maximum absolute atomic E-state index is 9.82. The molecule has 0 saturated heterocycles. The Hall–Kier alpha value is -1.09. The highest BCUT2D eigenvalue weighted by Crippen LogP contribution is 2.36. The van der Waals surface area contributed by atoms with Gasteiger partial charge in [0.25, 0.3) is 0 Å². The molecular formula is C14H22N2O. The van der Waals surface area contributed by atoms with Gasteiger partial charge < -0.3 is 5.11 Å². The molecule has 1 aliphatic rings. The average molecular weight is 234 g/mol. The summed E-state index contributed by atoms with van der Waals surface area (Å²) in [5.41, 5.74) is 2.89. The first-order chi connectivity index (χ1) is 7.94. The van der Waals surface area contributed by atoms with Gasteiger partial charge in [0.1, 0.15) is 0 Å². The van der Waals surface area contributed by atoms with Gasteiger partial charge in [0.15, 0.2) is 0 Å². The largest absolute Gasteiger partial charge is 0.389 e. The van der Waals surface area contributed by atoms with Crippen molar-refractivity contribution < 1.29 is 5.11 Å². The Morgan fingerprint density at radius 1 is 1.47 bits per heavy atom. The molecule has 1 heterocycles. The maximum Gasteiger partial charge on any atom is 0.0728 e. The molecule has 0 amide bonds. The number of aliphatic hydroxyl groups excluding tert-OH is 1. The first kappa shape index (κ1) is 12.4. The smallest absolute Gasteiger partial charge is 0.0728 e. The first-order valence-electron chi connectivity index (χ1n) is 6.30. The Balaban J connectivity index is 1.95. The molecule has 2 rings (SSSR count). The summed E-state index contributed by atoms with van der Waals surface area (Å²) < 4.78 is 1.84. The fourth-order valence-electron chi connectivity index (χ4n) is 2.72. The molecule has 0 radical (unpaired) electrons. The lowest BCUT2D eigenvalue weighted by molar-refractivity contribution is 0.137. The molecule has 1 atom stereocenters. The van der Waals surface area contributed by atoms with Crippen LogP contribution in [0.25, 0.3) is 0 Å². The van der Waals surface area contributed by atoms with Crippen LogP contribution in [0.5, 0.6) is 0 Å². The second kappa shape index (κ2) is 4.65. The van der Waals surface area contributed by atoms with Gasteiger partial charge in [-0.05, 0) is 36.7 Å². The average Bonchev–Trinajstić information content (AvgIpc) is 2.58. The summed E-state index contributed by atoms with van der Waals surface area (Å²) >= 11 is 0. The van der Waals surface area contributed by atoms with E-state index in [-0.39, 0.29) is 11.5 Å². The third-order valence-corrected chi connectivity index (χ3v) is 3.39. The molecule has 0 aliphatic heterocycles. The van der Waals surface area contributed by atoms with Crippen molar-refractivity contribution in [1.29, 1.82) is 0 Å². The zero-order chi connectivity index (χ0) is 12.5. The van der Waals surface area contributed by atoms with Crippen molar-refractivity contribution in [2.45, 2.75) is 45.6 Å². The maximum atomic E-state index is 9.82. The number of aryl methyl sites for hydroxylation is 2. The molecule has 1 aromatic heterocycles. The standard InChI is InChI=1S/C14H22N2O/c1-14(2)7-11(6-13(17)8-14)4-5-12-9-15-16(3)10-12/h6,9-10,13,17H,4-5,7-8H2,1-3H3. The van der Waals surface area contributed by atoms with E-state index in [0.717, 1.165) is 25.7 Å². The number of rotatable bonds is 3. The monoisotopic (exact) mass is 234 g/mol. The number of aromatic nitrogens is 2. The van der Waals surface area contributed by atoms with E-state index in [4.69, 9.17) is 0 Å². The number of hydrogen-bond acceptors (Lipinski definition) is 2. The number of allylic oxidation sites excluding steroid dienone is 1. The van der Waals surface area contributed by atoms with Crippen LogP contribution in [-0.2, 0) is 13.5 Å². The Morgan fingerprint density at radius 3 is 2.82 bits per heavy atom. The van der Waals surface area contributed by atoms with Crippen molar-refractivity contribution in [3.63, 3.8) is 0 Å². The van der Waals surface area contributed by atoms with Crippen molar-refractivity contribution in [3.8, 4) is 0 Å². The van der Waals surface area contributed by atoms with Crippen LogP contribution in [0.3, 0.4) is 0 Å². The molecule has 3 nitrogen and oxygen atoms in total. The van der Waals surface area contributed by atoms with Gasteiger partial charge in [-0.3, -0.25) is 4.68 Å². The number of aliphatic hydroxyl groups is 1. The van der Waals surface area contributed by atoms with Crippen molar-refractivity contribution >= 4 is 0 Å². The fraction of sp³-hybridized carbons (Fsp3) is 0.643. The molecule has 17 heavy (non-hydrogen) atoms. The topological polar surface area (TPSA) is 38.0 Å². The van der Waals surface area contributed by atoms with E-state index in [9.17, 15) is 5.11 Å². The van der Waals surface area contributed by atoms with Crippen LogP contribution >= 0.6 is 0 Å². The fourth-order valence-corrected chi connectivity index (χ4v) is 2.72. The highest BCUT2D eigenvalue weighted by atomic mass is 16.3. The summed E-state index contributed by atoms with van der Waals surface area (Å²) in [5.74, 6) is 0. The van der Waals surface area contributed by atoms with Crippen molar-refractivity contribution in [1.82, 2.24) is 9.78 Å². The highest BCUT2D eigenvalue weighted by molar-refractivity contribution is 5.15. The van der Waals surface area contributed by atoms with Crippen LogP contribution in [0.4, 0.5) is 0 Å². The molecule has 0 aromatic carbocycles. The van der Waals surface area contributed by atoms with Crippen molar-refractivity contribution in [2.24, 2.45) is 12.5 Å². The van der Waals surface area contributed by atoms with Gasteiger partial charge in [-0.15, -0.1) is 0 Å². The predicted molar refractivity (Wildman–Crippen MR) is 68.6 cm³/mol. The lowest BCUT2D eigenvalue weighted by Crippen LogP contribution is -2.25. The van der Waals surface area contributed by atoms with Crippen LogP contribution in [0.2, 0.25) is 0 Å². The molecular weight excluding hydrogens is 212 g/mol. The Kier molecular flexibility index (Phi) is 3.38. The lowest BCUT2D eigenvalue weighted by atomic mass is 9.75. The van der Waals surface area contributed by atoms with E-state index < -0.39 is 0 Å². The Bertz CT molecular complexity index is 418. The number of hydrogen-bond donors (Lipinski definition) is 1. The SMILES string of the molecule is Cn1cc(CCC2=CC(O)CC(C)(C)C2)cn1. The van der Waals surface area contributed by atoms with E-state index in [2.05, 4.69) is 25.1 Å². The molecule has 3 heteroatoms. The van der Waals surface area contributed by atoms with E-state index >= 15 is 0 Å². The van der Waals surface area contributed by atoms with Crippen molar-refractivity contribution in [3.05, 3.63) is 29.6 Å². The van der Waals surface area contributed by atoms with Gasteiger partial charge in [0.05, 0.1) is 12.3 Å². The highest BCUT2D eigenvalue weighted by Gasteiger charge is 2.27. The van der Waals surface area contributed by atoms with Crippen LogP contribution in [0, 0.1) is 5.41 Å². The summed E-state index contributed by atoms with van der Waals surface area (Å²) in [5, 5.41) is 14.0. The van der Waals surface area contributed by atoms with Crippen LogP contribution in [0.1, 0.15) is 38.7 Å². The zero-order valence-corrected chi connectivity index (χ0v) is 11.0. The second-order valence-corrected chi connectivity index (χ2v) is 5.96. The molecule has 0 fully saturated rings. The Labute approximate surface area is 103 Å². The third kappa shape index (κ3) is 3.43. The zero-order valence-electron chi connectivity index (χ0n) is 11.0. The predicted octanol–water partition coefficient (Wildman–Crippen LogP) is 2.46. The minimum atomic E-state index is -0.261. The Morgan fingerprint density at radius 2 is 2.24 bits per heavy atom. The van der Waals surface area contributed by atoms with Gasteiger partial charge in [-0.1, -0.05) is 25.5 Å². The van der Waals surface area contributed by atoms with Crippen LogP contribution < -0.4 is 0 Å². The van der Waals surface area contributed by atoms with E-state index in [0.29, 0.717) is 0 Å². The minimum Gasteiger partial charge on any atom is -0.389 e. The summed E-state index contributed by atoms with van der Waals surface area (Å²) in [4.78, 5) is 0. The molecule has 1 unspecified atom stereocenters.